The number of nitrogens with zero attached hydrogens (tertiary/aromatic N) is 8. The van der Waals surface area contributed by atoms with E-state index in [0.717, 1.165) is 0 Å². The summed E-state index contributed by atoms with van der Waals surface area (Å²) >= 11 is 7.29. The summed E-state index contributed by atoms with van der Waals surface area (Å²) in [6.45, 7) is 3.86. The zero-order valence-corrected chi connectivity index (χ0v) is 21.5. The van der Waals surface area contributed by atoms with E-state index in [1.54, 1.807) is 27.3 Å². The molecule has 0 fully saturated rings. The quantitative estimate of drug-likeness (QED) is 0.220. The fourth-order valence-corrected chi connectivity index (χ4v) is 3.99. The maximum Gasteiger partial charge on any atom is 0.235 e. The van der Waals surface area contributed by atoms with Gasteiger partial charge in [-0.15, -0.1) is 10.2 Å². The van der Waals surface area contributed by atoms with Crippen molar-refractivity contribution in [3.8, 4) is 17.4 Å². The minimum absolute atomic E-state index is 0.113. The molecule has 0 bridgehead atoms. The number of aliphatic imine (C=N–C) groups is 2. The Hall–Kier alpha value is -3.29. The van der Waals surface area contributed by atoms with Crippen LogP contribution in [0.1, 0.15) is 31.8 Å². The van der Waals surface area contributed by atoms with Gasteiger partial charge in [0.2, 0.25) is 11.8 Å². The zero-order chi connectivity index (χ0) is 25.4. The van der Waals surface area contributed by atoms with Crippen molar-refractivity contribution in [2.24, 2.45) is 15.7 Å². The van der Waals surface area contributed by atoms with Gasteiger partial charge in [0.15, 0.2) is 11.6 Å². The van der Waals surface area contributed by atoms with Gasteiger partial charge in [0.25, 0.3) is 0 Å². The minimum Gasteiger partial charge on any atom is -0.481 e. The van der Waals surface area contributed by atoms with E-state index < -0.39 is 12.1 Å². The van der Waals surface area contributed by atoms with Crippen molar-refractivity contribution < 1.29 is 9.47 Å². The Bertz CT molecular complexity index is 1170. The second-order valence-corrected chi connectivity index (χ2v) is 8.85. The topological polar surface area (TPSA) is 151 Å². The summed E-state index contributed by atoms with van der Waals surface area (Å²) in [5.41, 5.74) is 6.80. The lowest BCUT2D eigenvalue weighted by molar-refractivity contribution is 0.0972. The summed E-state index contributed by atoms with van der Waals surface area (Å²) in [4.78, 5) is 21.1. The summed E-state index contributed by atoms with van der Waals surface area (Å²) in [6.07, 6.45) is 4.06. The van der Waals surface area contributed by atoms with Crippen molar-refractivity contribution >= 4 is 41.7 Å². The first-order valence-electron chi connectivity index (χ1n) is 10.5. The molecule has 0 unspecified atom stereocenters. The third-order valence-electron chi connectivity index (χ3n) is 4.91. The second kappa shape index (κ2) is 12.4. The standard InChI is InChI=1S/C21H27ClN10O2S/c1-12(18(23)27-11-24-3)32-20(15-7-6-8-16(28-15)33-4)29-30-21(32)31-35-13(2)17(34-5)19-25-9-14(22)10-26-19/h6-13,17H,1-5H3,(H,30,31)(H2,23,24,27)/t12-,13-,17-/m0/s1. The van der Waals surface area contributed by atoms with Crippen molar-refractivity contribution in [3.05, 3.63) is 41.4 Å². The van der Waals surface area contributed by atoms with Crippen LogP contribution in [-0.4, -0.2) is 68.4 Å². The number of nitrogens with one attached hydrogen (secondary N) is 1. The van der Waals surface area contributed by atoms with Crippen LogP contribution in [0.4, 0.5) is 5.95 Å². The smallest absolute Gasteiger partial charge is 0.235 e. The molecule has 3 atom stereocenters. The van der Waals surface area contributed by atoms with Crippen LogP contribution < -0.4 is 15.2 Å². The summed E-state index contributed by atoms with van der Waals surface area (Å²) in [7, 11) is 4.77. The highest BCUT2D eigenvalue weighted by molar-refractivity contribution is 8.01. The van der Waals surface area contributed by atoms with Crippen LogP contribution in [0, 0.1) is 0 Å². The molecule has 0 amide bonds. The van der Waals surface area contributed by atoms with Gasteiger partial charge < -0.3 is 15.2 Å². The SMILES string of the molecule is CN=CN=C(N)[C@H](C)n1c(NS[C@@H](C)[C@H](OC)c2ncc(Cl)cn2)nnc1-c1cccc(OC)n1. The average molecular weight is 519 g/mol. The molecule has 3 aromatic heterocycles. The predicted octanol–water partition coefficient (Wildman–Crippen LogP) is 3.20. The van der Waals surface area contributed by atoms with Crippen molar-refractivity contribution in [1.29, 1.82) is 0 Å². The Morgan fingerprint density at radius 1 is 1.23 bits per heavy atom. The Balaban J connectivity index is 1.92. The number of pyridine rings is 1. The second-order valence-electron chi connectivity index (χ2n) is 7.23. The van der Waals surface area contributed by atoms with E-state index in [1.165, 1.54) is 30.7 Å². The van der Waals surface area contributed by atoms with Crippen LogP contribution in [0.2, 0.25) is 5.02 Å². The molecule has 0 radical (unpaired) electrons. The van der Waals surface area contributed by atoms with E-state index in [1.807, 2.05) is 30.5 Å². The molecule has 0 aliphatic rings. The molecule has 0 aliphatic heterocycles. The van der Waals surface area contributed by atoms with Gasteiger partial charge in [-0.2, -0.15) is 0 Å². The first-order chi connectivity index (χ1) is 16.9. The van der Waals surface area contributed by atoms with Gasteiger partial charge in [-0.1, -0.05) is 17.7 Å². The van der Waals surface area contributed by atoms with Crippen LogP contribution in [0.15, 0.2) is 40.6 Å². The number of amidine groups is 1. The van der Waals surface area contributed by atoms with Crippen molar-refractivity contribution in [3.63, 3.8) is 0 Å². The fourth-order valence-electron chi connectivity index (χ4n) is 3.10. The van der Waals surface area contributed by atoms with Gasteiger partial charge in [-0.3, -0.25) is 14.3 Å². The normalized spacial score (nSPS) is 14.6. The molecule has 0 spiro atoms. The Kier molecular flexibility index (Phi) is 9.34. The lowest BCUT2D eigenvalue weighted by atomic mass is 10.2. The zero-order valence-electron chi connectivity index (χ0n) is 20.0. The van der Waals surface area contributed by atoms with Crippen LogP contribution in [-0.2, 0) is 4.74 Å². The van der Waals surface area contributed by atoms with Gasteiger partial charge in [-0.05, 0) is 31.9 Å². The van der Waals surface area contributed by atoms with E-state index in [0.29, 0.717) is 40.0 Å². The molecule has 0 aromatic carbocycles. The highest BCUT2D eigenvalue weighted by atomic mass is 35.5. The number of anilines is 1. The summed E-state index contributed by atoms with van der Waals surface area (Å²) in [5, 5.41) is 9.04. The van der Waals surface area contributed by atoms with Gasteiger partial charge >= 0.3 is 0 Å². The first kappa shape index (κ1) is 26.3. The monoisotopic (exact) mass is 518 g/mol. The molecule has 0 saturated heterocycles. The van der Waals surface area contributed by atoms with E-state index >= 15 is 0 Å². The largest absolute Gasteiger partial charge is 0.481 e. The molecule has 0 saturated carbocycles. The summed E-state index contributed by atoms with van der Waals surface area (Å²) < 4.78 is 16.0. The number of rotatable bonds is 11. The molecule has 14 heteroatoms. The summed E-state index contributed by atoms with van der Waals surface area (Å²) in [5.74, 6) is 2.23. The van der Waals surface area contributed by atoms with Crippen molar-refractivity contribution in [2.45, 2.75) is 31.2 Å². The van der Waals surface area contributed by atoms with E-state index in [-0.39, 0.29) is 5.25 Å². The predicted molar refractivity (Wildman–Crippen MR) is 138 cm³/mol. The van der Waals surface area contributed by atoms with Crippen LogP contribution in [0.3, 0.4) is 0 Å². The average Bonchev–Trinajstić information content (AvgIpc) is 3.31. The van der Waals surface area contributed by atoms with Crippen LogP contribution in [0.25, 0.3) is 11.5 Å². The van der Waals surface area contributed by atoms with Gasteiger partial charge in [-0.25, -0.2) is 19.9 Å². The number of hydrogen-bond acceptors (Lipinski definition) is 10. The third kappa shape index (κ3) is 6.44. The summed E-state index contributed by atoms with van der Waals surface area (Å²) in [6, 6.07) is 4.98. The number of methoxy groups -OCH3 is 2. The lowest BCUT2D eigenvalue weighted by Crippen LogP contribution is -2.26. The molecule has 3 aromatic rings. The maximum absolute atomic E-state index is 6.24. The minimum atomic E-state index is -0.415. The van der Waals surface area contributed by atoms with Crippen LogP contribution >= 0.6 is 23.5 Å². The number of halogens is 1. The molecular formula is C21H27ClN10O2S. The highest BCUT2D eigenvalue weighted by Gasteiger charge is 2.26. The Morgan fingerprint density at radius 2 is 1.97 bits per heavy atom. The van der Waals surface area contributed by atoms with E-state index in [2.05, 4.69) is 39.9 Å². The van der Waals surface area contributed by atoms with Crippen LogP contribution in [0.5, 0.6) is 5.88 Å². The Morgan fingerprint density at radius 3 is 2.63 bits per heavy atom. The van der Waals surface area contributed by atoms with Gasteiger partial charge in [0.1, 0.15) is 24.0 Å². The molecule has 0 aliphatic carbocycles. The molecule has 3 N–H and O–H groups in total. The molecule has 3 rings (SSSR count). The third-order valence-corrected chi connectivity index (χ3v) is 6.02. The molecular weight excluding hydrogens is 492 g/mol. The number of nitrogens with two attached hydrogens (primary N) is 1. The van der Waals surface area contributed by atoms with Crippen molar-refractivity contribution in [1.82, 2.24) is 29.7 Å². The lowest BCUT2D eigenvalue weighted by Gasteiger charge is -2.22. The number of aromatic nitrogens is 6. The van der Waals surface area contributed by atoms with Gasteiger partial charge in [0, 0.05) is 32.6 Å². The molecule has 35 heavy (non-hydrogen) atoms. The van der Waals surface area contributed by atoms with E-state index in [9.17, 15) is 0 Å². The maximum atomic E-state index is 6.24. The first-order valence-corrected chi connectivity index (χ1v) is 11.8. The van der Waals surface area contributed by atoms with E-state index in [4.69, 9.17) is 26.8 Å². The molecule has 186 valence electrons. The number of ether oxygens (including phenoxy) is 2. The highest BCUT2D eigenvalue weighted by Crippen LogP contribution is 2.31. The Labute approximate surface area is 212 Å². The van der Waals surface area contributed by atoms with Crippen molar-refractivity contribution in [2.75, 3.05) is 26.0 Å². The number of hydrogen-bond donors (Lipinski definition) is 2. The van der Waals surface area contributed by atoms with Gasteiger partial charge in [0.05, 0.1) is 23.4 Å². The molecule has 3 heterocycles. The fraction of sp³-hybridized carbons (Fsp3) is 0.381. The molecule has 12 nitrogen and oxygen atoms in total.